The summed E-state index contributed by atoms with van der Waals surface area (Å²) in [7, 11) is 0. The molecule has 2 aliphatic rings. The van der Waals surface area contributed by atoms with Crippen molar-refractivity contribution < 1.29 is 51.2 Å². The van der Waals surface area contributed by atoms with E-state index < -0.39 is 29.4 Å². The van der Waals surface area contributed by atoms with E-state index in [4.69, 9.17) is 37.8 Å². The fourth-order valence-electron chi connectivity index (χ4n) is 7.78. The van der Waals surface area contributed by atoms with E-state index in [0.29, 0.717) is 62.5 Å². The van der Waals surface area contributed by atoms with E-state index in [9.17, 15) is 34.0 Å². The molecule has 10 aromatic rings. The van der Waals surface area contributed by atoms with Crippen LogP contribution < -0.4 is 35.0 Å². The maximum absolute atomic E-state index is 14.4. The number of carbonyl (C=O) groups excluding carboxylic acids is 2. The van der Waals surface area contributed by atoms with Gasteiger partial charge in [-0.05, 0) is 72.9 Å². The number of imidazole rings is 4. The first kappa shape index (κ1) is 54.0. The molecule has 0 saturated heterocycles. The molecule has 0 radical (unpaired) electrons. The summed E-state index contributed by atoms with van der Waals surface area (Å²) >= 11 is 11.5. The Labute approximate surface area is 445 Å². The number of rotatable bonds is 11. The van der Waals surface area contributed by atoms with Crippen molar-refractivity contribution in [1.82, 2.24) is 63.3 Å². The zero-order chi connectivity index (χ0) is 49.5. The molecule has 10 aromatic heterocycles. The van der Waals surface area contributed by atoms with E-state index >= 15 is 0 Å². The Morgan fingerprint density at radius 3 is 1.65 bits per heavy atom. The first-order valence-electron chi connectivity index (χ1n) is 21.6. The summed E-state index contributed by atoms with van der Waals surface area (Å²) in [4.78, 5) is 40.2. The number of hydrogen-bond acceptors (Lipinski definition) is 16. The summed E-state index contributed by atoms with van der Waals surface area (Å²) in [6, 6.07) is 11.0. The molecule has 0 aliphatic heterocycles. The van der Waals surface area contributed by atoms with Crippen molar-refractivity contribution >= 4 is 69.8 Å². The van der Waals surface area contributed by atoms with Gasteiger partial charge in [0.1, 0.15) is 29.1 Å². The van der Waals surface area contributed by atoms with Gasteiger partial charge < -0.3 is 47.4 Å². The third-order valence-electron chi connectivity index (χ3n) is 11.5. The molecule has 27 heteroatoms. The molecule has 21 nitrogen and oxygen atoms in total. The number of fused-ring (bicyclic) bond motifs is 4. The summed E-state index contributed by atoms with van der Waals surface area (Å²) in [5.41, 5.74) is 12.4. The Bertz CT molecular complexity index is 3810. The number of aromatic nitrogens is 12. The topological polar surface area (TPSA) is 290 Å². The molecule has 3 N–H and O–H groups in total. The molecule has 2 saturated carbocycles. The number of aromatic carboxylic acids is 1. The number of nitrogens with zero attached hydrogens (tertiary/aromatic N) is 14. The number of carboxylic acids is 1. The number of carbonyl (C=O) groups is 2. The molecule has 1 amide bonds. The van der Waals surface area contributed by atoms with Crippen LogP contribution in [0.5, 0.6) is 0 Å². The summed E-state index contributed by atoms with van der Waals surface area (Å²) in [6.07, 6.45) is 18.7. The van der Waals surface area contributed by atoms with Gasteiger partial charge >= 0.3 is 30.7 Å². The summed E-state index contributed by atoms with van der Waals surface area (Å²) < 4.78 is 45.0. The van der Waals surface area contributed by atoms with Crippen molar-refractivity contribution in [2.45, 2.75) is 70.9 Å². The number of pyridine rings is 4. The van der Waals surface area contributed by atoms with E-state index in [1.54, 1.807) is 23.0 Å². The third kappa shape index (κ3) is 11.2. The second-order valence-corrected chi connectivity index (χ2v) is 17.3. The molecule has 0 atom stereocenters. The van der Waals surface area contributed by atoms with Crippen LogP contribution in [0.1, 0.15) is 123 Å². The van der Waals surface area contributed by atoms with Crippen molar-refractivity contribution in [1.29, 1.82) is 10.5 Å². The van der Waals surface area contributed by atoms with Crippen LogP contribution in [-0.4, -0.2) is 69.8 Å². The van der Waals surface area contributed by atoms with Gasteiger partial charge in [-0.25, -0.2) is 28.7 Å². The Morgan fingerprint density at radius 2 is 1.20 bits per heavy atom. The van der Waals surface area contributed by atoms with Crippen LogP contribution in [0.25, 0.3) is 22.3 Å². The van der Waals surface area contributed by atoms with E-state index in [2.05, 4.69) is 57.8 Å². The number of halogens is 5. The van der Waals surface area contributed by atoms with Crippen LogP contribution in [0.4, 0.5) is 8.78 Å². The quantitative estimate of drug-likeness (QED) is 0.175. The summed E-state index contributed by atoms with van der Waals surface area (Å²) in [5, 5.41) is 46.9. The molecule has 372 valence electrons. The number of nitrogens with one attached hydrogen (secondary N) is 1. The van der Waals surface area contributed by atoms with Crippen molar-refractivity contribution in [2.24, 2.45) is 5.73 Å². The van der Waals surface area contributed by atoms with Crippen LogP contribution in [0.3, 0.4) is 0 Å². The predicted molar refractivity (Wildman–Crippen MR) is 256 cm³/mol. The molecule has 12 rings (SSSR count). The second-order valence-electron chi connectivity index (χ2n) is 16.5. The number of nitrogens with two attached hydrogens (primary N) is 1. The van der Waals surface area contributed by atoms with Crippen LogP contribution in [0, 0.1) is 34.3 Å². The van der Waals surface area contributed by atoms with Gasteiger partial charge in [0.2, 0.25) is 11.8 Å². The number of hydrogen-bond donors (Lipinski definition) is 2. The molecule has 0 unspecified atom stereocenters. The van der Waals surface area contributed by atoms with Crippen LogP contribution in [-0.2, 0) is 25.9 Å². The predicted octanol–water partition coefficient (Wildman–Crippen LogP) is 3.50. The van der Waals surface area contributed by atoms with Gasteiger partial charge in [0.15, 0.2) is 22.9 Å². The Balaban J connectivity index is 0.000000176. The van der Waals surface area contributed by atoms with Crippen molar-refractivity contribution in [3.8, 4) is 12.1 Å². The van der Waals surface area contributed by atoms with Gasteiger partial charge in [-0.3, -0.25) is 4.79 Å². The van der Waals surface area contributed by atoms with Crippen molar-refractivity contribution in [3.05, 3.63) is 164 Å². The molecule has 74 heavy (non-hydrogen) atoms. The van der Waals surface area contributed by atoms with E-state index in [1.807, 2.05) is 39.5 Å². The first-order chi connectivity index (χ1) is 34.4. The molecular formula is C47H38Cl3F2LiN16O5. The fourth-order valence-corrected chi connectivity index (χ4v) is 8.07. The monoisotopic (exact) mass is 1060 g/mol. The van der Waals surface area contributed by atoms with Crippen LogP contribution in [0.2, 0.25) is 10.0 Å². The Morgan fingerprint density at radius 1 is 0.743 bits per heavy atom. The number of nitriles is 2. The van der Waals surface area contributed by atoms with Gasteiger partial charge in [-0.2, -0.15) is 10.5 Å². The van der Waals surface area contributed by atoms with E-state index in [0.717, 1.165) is 36.8 Å². The molecule has 0 aromatic carbocycles. The van der Waals surface area contributed by atoms with E-state index in [-0.39, 0.29) is 97.9 Å². The Hall–Kier alpha value is -7.75. The average molecular weight is 1060 g/mol. The molecule has 2 fully saturated rings. The maximum atomic E-state index is 14.4. The minimum atomic E-state index is -1.51. The van der Waals surface area contributed by atoms with Gasteiger partial charge in [-0.15, -0.1) is 32.8 Å². The van der Waals surface area contributed by atoms with Crippen molar-refractivity contribution in [3.63, 3.8) is 0 Å². The van der Waals surface area contributed by atoms with Gasteiger partial charge in [0.05, 0.1) is 76.0 Å². The SMILES string of the molecule is C.Cl.N#Cc1cc(C2CC2)cn2cc(Cc3nnc(C(=O)NCc4ncn5ccc(Cl)c(F)c45)o3)nc12.N#Cc1cc(C2CC2)cn2cc(Cc3nnc(C(=O)[O-])o3)nc12.NCc1ncn2ccc(Cl)c(F)c12.[Li+]. The summed E-state index contributed by atoms with van der Waals surface area (Å²) in [6.45, 7) is 0.144. The molecule has 2 aliphatic carbocycles. The maximum Gasteiger partial charge on any atom is 1.00 e. The fraction of sp³-hybridized carbons (Fsp3) is 0.234. The largest absolute Gasteiger partial charge is 1.00 e. The molecule has 10 heterocycles. The first-order valence-corrected chi connectivity index (χ1v) is 22.4. The van der Waals surface area contributed by atoms with Gasteiger partial charge in [0, 0.05) is 43.7 Å². The normalized spacial score (nSPS) is 12.6. The Kier molecular flexibility index (Phi) is 16.5. The van der Waals surface area contributed by atoms with Gasteiger partial charge in [-0.1, -0.05) is 30.6 Å². The molecule has 0 spiro atoms. The standard InChI is InChI=1S/C23H16ClFN8O2.C15H11N5O3.C8H7ClFN3.CH4.ClH.Li/c24-16-3-4-32-11-28-17(20(32)19(16)25)8-27-22(34)23-31-30-18(35-23)6-15-10-33-9-14(12-1-2-12)5-13(7-26)21(33)29-15;16-5-9-3-10(8-1-2-8)6-20-7-11(17-13(9)20)4-12-18-19-14(23-12)15(21)22;9-5-1-2-13-4-12-6(3-11)8(13)7(5)10;;;/h3-5,9-12H,1-2,6,8H2,(H,27,34);3,6-8H,1-2,4H2,(H,21,22);1-2,4H,3,11H2;1H4;1H;/q;;;;;+1/p-1. The second kappa shape index (κ2) is 22.6. The number of amides is 1. The average Bonchev–Trinajstić information content (AvgIpc) is 3.94. The molecule has 0 bridgehead atoms. The van der Waals surface area contributed by atoms with Gasteiger partial charge in [0.25, 0.3) is 5.89 Å². The summed E-state index contributed by atoms with van der Waals surface area (Å²) in [5.74, 6) is -2.66. The molecular weight excluding hydrogens is 1020 g/mol. The minimum Gasteiger partial charge on any atom is -0.540 e. The third-order valence-corrected chi connectivity index (χ3v) is 12.1. The van der Waals surface area contributed by atoms with Crippen LogP contribution >= 0.6 is 35.6 Å². The van der Waals surface area contributed by atoms with Crippen molar-refractivity contribution in [2.75, 3.05) is 0 Å². The van der Waals surface area contributed by atoms with Crippen LogP contribution in [0.15, 0.2) is 82.9 Å². The smallest absolute Gasteiger partial charge is 0.540 e. The zero-order valence-corrected chi connectivity index (χ0v) is 40.4. The minimum absolute atomic E-state index is 0. The zero-order valence-electron chi connectivity index (χ0n) is 38.0. The van der Waals surface area contributed by atoms with E-state index in [1.165, 1.54) is 29.2 Å². The number of carboxylic acid groups (broad SMARTS) is 1.